The quantitative estimate of drug-likeness (QED) is 0.579. The van der Waals surface area contributed by atoms with Crippen LogP contribution in [0.2, 0.25) is 0 Å². The van der Waals surface area contributed by atoms with Crippen LogP contribution in [0, 0.1) is 6.92 Å². The van der Waals surface area contributed by atoms with E-state index in [9.17, 15) is 10.2 Å². The number of nitrogens with zero attached hydrogens (tertiary/aromatic N) is 3. The fraction of sp³-hybridized carbons (Fsp3) is 0.571. The van der Waals surface area contributed by atoms with Crippen LogP contribution < -0.4 is 5.32 Å². The van der Waals surface area contributed by atoms with Crippen molar-refractivity contribution in [1.29, 1.82) is 0 Å². The van der Waals surface area contributed by atoms with Gasteiger partial charge in [-0.25, -0.2) is 9.50 Å². The third-order valence-electron chi connectivity index (χ3n) is 4.03. The van der Waals surface area contributed by atoms with Crippen LogP contribution in [-0.4, -0.2) is 68.0 Å². The SMILES string of the molecule is CNc1ccc2c(C)nc(C[C@@H]3O[C@H](CO)[C@@H](O)[C@H]3O)n2n1. The second-order valence-electron chi connectivity index (χ2n) is 5.46. The van der Waals surface area contributed by atoms with Crippen LogP contribution in [0.25, 0.3) is 5.52 Å². The Morgan fingerprint density at radius 2 is 2.00 bits per heavy atom. The maximum atomic E-state index is 10.0. The van der Waals surface area contributed by atoms with Crippen molar-refractivity contribution in [2.75, 3.05) is 19.0 Å². The largest absolute Gasteiger partial charge is 0.394 e. The lowest BCUT2D eigenvalue weighted by Crippen LogP contribution is -2.34. The van der Waals surface area contributed by atoms with E-state index >= 15 is 0 Å². The van der Waals surface area contributed by atoms with Gasteiger partial charge in [0.2, 0.25) is 0 Å². The normalized spacial score (nSPS) is 28.4. The summed E-state index contributed by atoms with van der Waals surface area (Å²) in [5, 5.41) is 36.4. The summed E-state index contributed by atoms with van der Waals surface area (Å²) in [5.41, 5.74) is 1.71. The van der Waals surface area contributed by atoms with Gasteiger partial charge < -0.3 is 25.4 Å². The number of rotatable bonds is 4. The second-order valence-corrected chi connectivity index (χ2v) is 5.46. The number of nitrogens with one attached hydrogen (secondary N) is 1. The van der Waals surface area contributed by atoms with E-state index in [-0.39, 0.29) is 6.61 Å². The average Bonchev–Trinajstić information content (AvgIpc) is 2.98. The molecule has 2 aromatic rings. The van der Waals surface area contributed by atoms with E-state index in [1.54, 1.807) is 11.6 Å². The van der Waals surface area contributed by atoms with Gasteiger partial charge in [0.15, 0.2) is 0 Å². The van der Waals surface area contributed by atoms with Crippen molar-refractivity contribution in [2.45, 2.75) is 37.8 Å². The van der Waals surface area contributed by atoms with Gasteiger partial charge in [-0.1, -0.05) is 0 Å². The van der Waals surface area contributed by atoms with E-state index in [1.807, 2.05) is 19.1 Å². The van der Waals surface area contributed by atoms with Crippen LogP contribution in [0.3, 0.4) is 0 Å². The number of aryl methyl sites for hydroxylation is 1. The van der Waals surface area contributed by atoms with Crippen molar-refractivity contribution in [3.05, 3.63) is 23.7 Å². The van der Waals surface area contributed by atoms with Crippen molar-refractivity contribution in [1.82, 2.24) is 14.6 Å². The van der Waals surface area contributed by atoms with Crippen LogP contribution in [-0.2, 0) is 11.2 Å². The van der Waals surface area contributed by atoms with Gasteiger partial charge in [0.05, 0.1) is 23.9 Å². The molecule has 1 saturated heterocycles. The number of ether oxygens (including phenoxy) is 1. The monoisotopic (exact) mass is 308 g/mol. The Morgan fingerprint density at radius 3 is 2.64 bits per heavy atom. The fourth-order valence-corrected chi connectivity index (χ4v) is 2.78. The lowest BCUT2D eigenvalue weighted by Gasteiger charge is -2.13. The molecule has 3 rings (SSSR count). The van der Waals surface area contributed by atoms with Crippen LogP contribution >= 0.6 is 0 Å². The van der Waals surface area contributed by atoms with Gasteiger partial charge in [-0.05, 0) is 19.1 Å². The number of imidazole rings is 1. The van der Waals surface area contributed by atoms with Crippen molar-refractivity contribution in [2.24, 2.45) is 0 Å². The Hall–Kier alpha value is -1.74. The Balaban J connectivity index is 1.91. The molecule has 1 aliphatic rings. The van der Waals surface area contributed by atoms with Gasteiger partial charge >= 0.3 is 0 Å². The summed E-state index contributed by atoms with van der Waals surface area (Å²) in [5.74, 6) is 1.34. The highest BCUT2D eigenvalue weighted by Gasteiger charge is 2.42. The molecule has 1 fully saturated rings. The Labute approximate surface area is 127 Å². The van der Waals surface area contributed by atoms with Crippen LogP contribution in [0.1, 0.15) is 11.5 Å². The molecule has 8 heteroatoms. The van der Waals surface area contributed by atoms with Gasteiger partial charge in [0, 0.05) is 13.5 Å². The van der Waals surface area contributed by atoms with Crippen LogP contribution in [0.15, 0.2) is 12.1 Å². The molecule has 0 amide bonds. The third kappa shape index (κ3) is 2.44. The Bertz CT molecular complexity index is 674. The first-order valence-corrected chi connectivity index (χ1v) is 7.20. The molecule has 0 saturated carbocycles. The molecule has 0 aromatic carbocycles. The van der Waals surface area contributed by atoms with Gasteiger partial charge in [0.25, 0.3) is 0 Å². The van der Waals surface area contributed by atoms with Crippen molar-refractivity contribution < 1.29 is 20.1 Å². The third-order valence-corrected chi connectivity index (χ3v) is 4.03. The molecule has 0 spiro atoms. The maximum absolute atomic E-state index is 10.0. The van der Waals surface area contributed by atoms with Crippen molar-refractivity contribution >= 4 is 11.3 Å². The highest BCUT2D eigenvalue weighted by Crippen LogP contribution is 2.24. The van der Waals surface area contributed by atoms with E-state index in [2.05, 4.69) is 15.4 Å². The lowest BCUT2D eigenvalue weighted by molar-refractivity contribution is -0.0221. The Morgan fingerprint density at radius 1 is 1.27 bits per heavy atom. The number of hydrogen-bond acceptors (Lipinski definition) is 7. The fourth-order valence-electron chi connectivity index (χ4n) is 2.78. The molecule has 4 N–H and O–H groups in total. The molecule has 0 aliphatic carbocycles. The number of aliphatic hydroxyl groups is 3. The number of anilines is 1. The maximum Gasteiger partial charge on any atom is 0.146 e. The molecule has 4 atom stereocenters. The smallest absolute Gasteiger partial charge is 0.146 e. The molecule has 22 heavy (non-hydrogen) atoms. The summed E-state index contributed by atoms with van der Waals surface area (Å²) >= 11 is 0. The first-order chi connectivity index (χ1) is 10.5. The summed E-state index contributed by atoms with van der Waals surface area (Å²) in [6.45, 7) is 1.55. The number of aliphatic hydroxyl groups excluding tert-OH is 3. The molecule has 0 bridgehead atoms. The minimum Gasteiger partial charge on any atom is -0.394 e. The summed E-state index contributed by atoms with van der Waals surface area (Å²) in [7, 11) is 1.78. The van der Waals surface area contributed by atoms with Crippen molar-refractivity contribution in [3.8, 4) is 0 Å². The van der Waals surface area contributed by atoms with Gasteiger partial charge in [-0.3, -0.25) is 0 Å². The average molecular weight is 308 g/mol. The first kappa shape index (κ1) is 15.2. The second kappa shape index (κ2) is 5.81. The summed E-state index contributed by atoms with van der Waals surface area (Å²) in [6.07, 6.45) is -3.25. The molecule has 3 heterocycles. The zero-order valence-corrected chi connectivity index (χ0v) is 12.5. The molecule has 0 radical (unpaired) electrons. The molecule has 1 aliphatic heterocycles. The highest BCUT2D eigenvalue weighted by molar-refractivity contribution is 5.54. The van der Waals surface area contributed by atoms with Crippen molar-refractivity contribution in [3.63, 3.8) is 0 Å². The molecule has 8 nitrogen and oxygen atoms in total. The van der Waals surface area contributed by atoms with E-state index in [1.165, 1.54) is 0 Å². The zero-order chi connectivity index (χ0) is 15.9. The molecule has 0 unspecified atom stereocenters. The lowest BCUT2D eigenvalue weighted by atomic mass is 10.1. The van der Waals surface area contributed by atoms with E-state index in [4.69, 9.17) is 9.84 Å². The minimum absolute atomic E-state index is 0.296. The highest BCUT2D eigenvalue weighted by atomic mass is 16.6. The first-order valence-electron chi connectivity index (χ1n) is 7.20. The van der Waals surface area contributed by atoms with Crippen LogP contribution in [0.4, 0.5) is 5.82 Å². The van der Waals surface area contributed by atoms with Gasteiger partial charge in [-0.2, -0.15) is 0 Å². The summed E-state index contributed by atoms with van der Waals surface area (Å²) < 4.78 is 7.21. The molecule has 120 valence electrons. The molecular formula is C14H20N4O4. The number of fused-ring (bicyclic) bond motifs is 1. The zero-order valence-electron chi connectivity index (χ0n) is 12.5. The number of hydrogen-bond donors (Lipinski definition) is 4. The predicted molar refractivity (Wildman–Crippen MR) is 78.7 cm³/mol. The predicted octanol–water partition coefficient (Wildman–Crippen LogP) is -0.897. The molecule has 2 aromatic heterocycles. The number of aromatic nitrogens is 3. The standard InChI is InChI=1S/C14H20N4O4/c1-7-8-3-4-11(15-2)17-18(8)12(16-7)5-9-13(20)14(21)10(6-19)22-9/h3-4,9-10,13-14,19-21H,5-6H2,1-2H3,(H,15,17)/t9-,10+,13-,14+/m0/s1. The minimum atomic E-state index is -1.09. The van der Waals surface area contributed by atoms with E-state index < -0.39 is 24.4 Å². The van der Waals surface area contributed by atoms with Gasteiger partial charge in [0.1, 0.15) is 30.0 Å². The summed E-state index contributed by atoms with van der Waals surface area (Å²) in [6, 6.07) is 3.78. The van der Waals surface area contributed by atoms with Gasteiger partial charge in [-0.15, -0.1) is 5.10 Å². The van der Waals surface area contributed by atoms with Crippen LogP contribution in [0.5, 0.6) is 0 Å². The summed E-state index contributed by atoms with van der Waals surface area (Å²) in [4.78, 5) is 4.48. The van der Waals surface area contributed by atoms with E-state index in [0.717, 1.165) is 11.2 Å². The van der Waals surface area contributed by atoms with E-state index in [0.29, 0.717) is 18.1 Å². The Kier molecular flexibility index (Phi) is 4.00. The molecular weight excluding hydrogens is 288 g/mol. The topological polar surface area (TPSA) is 112 Å².